The molecule has 0 aliphatic rings. The fourth-order valence-corrected chi connectivity index (χ4v) is 1.85. The number of nitrogens with one attached hydrogen (secondary N) is 1. The van der Waals surface area contributed by atoms with Gasteiger partial charge in [0.25, 0.3) is 5.91 Å². The zero-order chi connectivity index (χ0) is 14.8. The molecule has 1 unspecified atom stereocenters. The van der Waals surface area contributed by atoms with E-state index in [1.54, 1.807) is 13.8 Å². The Hall–Kier alpha value is -1.24. The Labute approximate surface area is 116 Å². The molecule has 0 saturated carbocycles. The van der Waals surface area contributed by atoms with Crippen LogP contribution in [0, 0.1) is 17.5 Å². The molecule has 0 aliphatic carbocycles. The van der Waals surface area contributed by atoms with E-state index in [2.05, 4.69) is 21.2 Å². The molecule has 0 aliphatic heterocycles. The van der Waals surface area contributed by atoms with Crippen molar-refractivity contribution in [3.63, 3.8) is 0 Å². The van der Waals surface area contributed by atoms with E-state index in [4.69, 9.17) is 5.11 Å². The molecule has 0 heterocycles. The lowest BCUT2D eigenvalue weighted by molar-refractivity contribution is 0.0907. The van der Waals surface area contributed by atoms with Gasteiger partial charge in [-0.15, -0.1) is 0 Å². The average molecular weight is 340 g/mol. The van der Waals surface area contributed by atoms with Gasteiger partial charge in [0.2, 0.25) is 5.82 Å². The fourth-order valence-electron chi connectivity index (χ4n) is 1.31. The van der Waals surface area contributed by atoms with E-state index in [1.807, 2.05) is 0 Å². The summed E-state index contributed by atoms with van der Waals surface area (Å²) in [4.78, 5) is 11.8. The van der Waals surface area contributed by atoms with Crippen molar-refractivity contribution in [2.75, 3.05) is 5.33 Å². The molecule has 106 valence electrons. The summed E-state index contributed by atoms with van der Waals surface area (Å²) in [5.74, 6) is -7.10. The second-order valence-corrected chi connectivity index (χ2v) is 4.95. The van der Waals surface area contributed by atoms with Crippen LogP contribution in [0.15, 0.2) is 6.07 Å². The minimum Gasteiger partial charge on any atom is -0.503 e. The van der Waals surface area contributed by atoms with Crippen molar-refractivity contribution in [1.82, 2.24) is 5.32 Å². The largest absolute Gasteiger partial charge is 0.503 e. The molecule has 7 heteroatoms. The van der Waals surface area contributed by atoms with Crippen LogP contribution in [-0.2, 0) is 0 Å². The molecule has 1 amide bonds. The van der Waals surface area contributed by atoms with E-state index in [1.165, 1.54) is 0 Å². The van der Waals surface area contributed by atoms with Crippen molar-refractivity contribution >= 4 is 21.8 Å². The van der Waals surface area contributed by atoms with Crippen LogP contribution in [0.5, 0.6) is 5.75 Å². The molecule has 19 heavy (non-hydrogen) atoms. The number of hydrogen-bond acceptors (Lipinski definition) is 2. The number of benzene rings is 1. The number of carbonyl (C=O) groups excluding carboxylic acids is 1. The lowest BCUT2D eigenvalue weighted by Crippen LogP contribution is -2.47. The molecule has 0 aromatic heterocycles. The first-order chi connectivity index (χ1) is 8.75. The van der Waals surface area contributed by atoms with Gasteiger partial charge in [-0.05, 0) is 19.4 Å². The van der Waals surface area contributed by atoms with Gasteiger partial charge in [0, 0.05) is 10.9 Å². The molecule has 1 rings (SSSR count). The maximum absolute atomic E-state index is 13.5. The number of phenolic OH excluding ortho intramolecular Hbond substituents is 1. The van der Waals surface area contributed by atoms with Crippen molar-refractivity contribution in [3.05, 3.63) is 29.1 Å². The molecule has 0 fully saturated rings. The highest BCUT2D eigenvalue weighted by Gasteiger charge is 2.27. The molecule has 1 aromatic rings. The van der Waals surface area contributed by atoms with E-state index < -0.39 is 40.2 Å². The third-order valence-corrected chi connectivity index (χ3v) is 4.11. The van der Waals surface area contributed by atoms with Crippen molar-refractivity contribution in [2.24, 2.45) is 0 Å². The van der Waals surface area contributed by atoms with Gasteiger partial charge in [-0.3, -0.25) is 4.79 Å². The summed E-state index contributed by atoms with van der Waals surface area (Å²) in [5, 5.41) is 12.0. The van der Waals surface area contributed by atoms with Gasteiger partial charge < -0.3 is 10.4 Å². The van der Waals surface area contributed by atoms with Crippen LogP contribution < -0.4 is 5.32 Å². The Morgan fingerprint density at radius 1 is 1.42 bits per heavy atom. The second kappa shape index (κ2) is 5.81. The van der Waals surface area contributed by atoms with Gasteiger partial charge >= 0.3 is 0 Å². The number of amides is 1. The number of carbonyl (C=O) groups is 1. The molecule has 2 N–H and O–H groups in total. The van der Waals surface area contributed by atoms with E-state index in [-0.39, 0.29) is 0 Å². The highest BCUT2D eigenvalue weighted by molar-refractivity contribution is 9.09. The number of alkyl halides is 1. The van der Waals surface area contributed by atoms with Crippen LogP contribution in [0.2, 0.25) is 0 Å². The fraction of sp³-hybridized carbons (Fsp3) is 0.417. The van der Waals surface area contributed by atoms with Crippen molar-refractivity contribution in [2.45, 2.75) is 25.8 Å². The molecule has 3 nitrogen and oxygen atoms in total. The Morgan fingerprint density at radius 3 is 2.47 bits per heavy atom. The molecule has 0 radical (unpaired) electrons. The maximum Gasteiger partial charge on any atom is 0.254 e. The number of halogens is 4. The highest BCUT2D eigenvalue weighted by atomic mass is 79.9. The Bertz CT molecular complexity index is 504. The lowest BCUT2D eigenvalue weighted by Gasteiger charge is -2.27. The molecule has 1 atom stereocenters. The van der Waals surface area contributed by atoms with Crippen LogP contribution >= 0.6 is 15.9 Å². The molecule has 0 bridgehead atoms. The predicted octanol–water partition coefficient (Wildman–Crippen LogP) is 3.10. The summed E-state index contributed by atoms with van der Waals surface area (Å²) < 4.78 is 39.5. The van der Waals surface area contributed by atoms with Gasteiger partial charge in [-0.2, -0.15) is 4.39 Å². The van der Waals surface area contributed by atoms with Gasteiger partial charge in [0.15, 0.2) is 17.4 Å². The number of rotatable bonds is 4. The smallest absolute Gasteiger partial charge is 0.254 e. The molecule has 0 spiro atoms. The summed E-state index contributed by atoms with van der Waals surface area (Å²) in [6, 6.07) is 0.421. The first-order valence-electron chi connectivity index (χ1n) is 5.50. The molecular formula is C12H13BrF3NO2. The quantitative estimate of drug-likeness (QED) is 0.654. The first kappa shape index (κ1) is 15.8. The molecular weight excluding hydrogens is 327 g/mol. The van der Waals surface area contributed by atoms with Crippen molar-refractivity contribution in [3.8, 4) is 5.75 Å². The predicted molar refractivity (Wildman–Crippen MR) is 67.9 cm³/mol. The Kier molecular flexibility index (Phi) is 4.84. The number of hydrogen-bond donors (Lipinski definition) is 2. The minimum absolute atomic E-state index is 0.402. The standard InChI is InChI=1S/C12H13BrF3NO2/c1-3-12(2,5-13)17-11(19)6-4-7(14)9(16)10(18)8(6)15/h4,18H,3,5H2,1-2H3,(H,17,19). The van der Waals surface area contributed by atoms with Gasteiger partial charge in [0.1, 0.15) is 0 Å². The van der Waals surface area contributed by atoms with E-state index in [9.17, 15) is 18.0 Å². The van der Waals surface area contributed by atoms with E-state index in [0.717, 1.165) is 0 Å². The third-order valence-electron chi connectivity index (χ3n) is 2.87. The van der Waals surface area contributed by atoms with Crippen LogP contribution in [0.3, 0.4) is 0 Å². The third kappa shape index (κ3) is 3.20. The minimum atomic E-state index is -1.72. The summed E-state index contributed by atoms with van der Waals surface area (Å²) in [6.07, 6.45) is 0.543. The first-order valence-corrected chi connectivity index (χ1v) is 6.62. The Morgan fingerprint density at radius 2 is 2.00 bits per heavy atom. The number of aromatic hydroxyl groups is 1. The monoisotopic (exact) mass is 339 g/mol. The summed E-state index contributed by atoms with van der Waals surface area (Å²) in [6.45, 7) is 3.51. The van der Waals surface area contributed by atoms with Gasteiger partial charge in [0.05, 0.1) is 5.56 Å². The van der Waals surface area contributed by atoms with Gasteiger partial charge in [-0.1, -0.05) is 22.9 Å². The van der Waals surface area contributed by atoms with Crippen LogP contribution in [-0.4, -0.2) is 21.9 Å². The number of phenols is 1. The zero-order valence-corrected chi connectivity index (χ0v) is 11.9. The maximum atomic E-state index is 13.5. The summed E-state index contributed by atoms with van der Waals surface area (Å²) in [7, 11) is 0. The van der Waals surface area contributed by atoms with Gasteiger partial charge in [-0.25, -0.2) is 8.78 Å². The topological polar surface area (TPSA) is 49.3 Å². The van der Waals surface area contributed by atoms with Crippen molar-refractivity contribution < 1.29 is 23.1 Å². The Balaban J connectivity index is 3.15. The molecule has 0 saturated heterocycles. The van der Waals surface area contributed by atoms with E-state index in [0.29, 0.717) is 17.8 Å². The lowest BCUT2D eigenvalue weighted by atomic mass is 10.0. The summed E-state index contributed by atoms with van der Waals surface area (Å²) >= 11 is 3.20. The van der Waals surface area contributed by atoms with Crippen LogP contribution in [0.4, 0.5) is 13.2 Å². The normalized spacial score (nSPS) is 14.0. The van der Waals surface area contributed by atoms with Crippen molar-refractivity contribution in [1.29, 1.82) is 0 Å². The summed E-state index contributed by atoms with van der Waals surface area (Å²) in [5.41, 5.74) is -1.40. The molecule has 1 aromatic carbocycles. The van der Waals surface area contributed by atoms with E-state index >= 15 is 0 Å². The van der Waals surface area contributed by atoms with Crippen LogP contribution in [0.1, 0.15) is 30.6 Å². The average Bonchev–Trinajstić information content (AvgIpc) is 2.40. The highest BCUT2D eigenvalue weighted by Crippen LogP contribution is 2.26. The second-order valence-electron chi connectivity index (χ2n) is 4.38. The zero-order valence-electron chi connectivity index (χ0n) is 10.4. The van der Waals surface area contributed by atoms with Crippen LogP contribution in [0.25, 0.3) is 0 Å². The SMILES string of the molecule is CCC(C)(CBr)NC(=O)c1cc(F)c(F)c(O)c1F.